The first-order valence-corrected chi connectivity index (χ1v) is 19.7. The van der Waals surface area contributed by atoms with Crippen LogP contribution in [0.2, 0.25) is 0 Å². The SMILES string of the molecule is CC1(C)c2ccccc2-c2ccc(-c3ccccc3N(c3ccc(-c4cccc5c4C(C)(C)c4ccccc4-5)cc3)c3cccc4c3oc3ccccc34)cc21. The molecule has 56 heavy (non-hydrogen) atoms. The Morgan fingerprint density at radius 3 is 1.75 bits per heavy atom. The molecule has 0 N–H and O–H groups in total. The molecule has 2 aliphatic carbocycles. The fourth-order valence-corrected chi connectivity index (χ4v) is 9.98. The number of furan rings is 1. The Labute approximate surface area is 328 Å². The van der Waals surface area contributed by atoms with Crippen molar-refractivity contribution < 1.29 is 4.42 Å². The van der Waals surface area contributed by atoms with Crippen molar-refractivity contribution in [2.75, 3.05) is 4.90 Å². The standard InChI is InChI=1S/C54H41NO/c1-53(2)45-22-9-5-16-39(45)41-32-29-35(33-47(41)53)37-15-7-11-24-48(37)55(49-25-14-21-44-42-18-8-12-26-50(42)56-52(44)49)36-30-27-34(28-31-36)38-19-13-20-43-40-17-6-10-23-46(40)54(3,4)51(38)43/h5-33H,1-4H3. The highest BCUT2D eigenvalue weighted by Crippen LogP contribution is 2.54. The van der Waals surface area contributed by atoms with Gasteiger partial charge in [0.15, 0.2) is 5.58 Å². The predicted octanol–water partition coefficient (Wildman–Crippen LogP) is 15.0. The summed E-state index contributed by atoms with van der Waals surface area (Å²) in [6.45, 7) is 9.43. The van der Waals surface area contributed by atoms with E-state index in [0.29, 0.717) is 0 Å². The molecule has 2 aliphatic rings. The lowest BCUT2D eigenvalue weighted by Gasteiger charge is -2.29. The molecule has 268 valence electrons. The van der Waals surface area contributed by atoms with E-state index in [4.69, 9.17) is 4.42 Å². The quantitative estimate of drug-likeness (QED) is 0.176. The van der Waals surface area contributed by atoms with Crippen LogP contribution in [0.3, 0.4) is 0 Å². The van der Waals surface area contributed by atoms with Crippen molar-refractivity contribution in [3.05, 3.63) is 198 Å². The number of anilines is 3. The minimum absolute atomic E-state index is 0.0974. The number of fused-ring (bicyclic) bond motifs is 9. The molecule has 0 saturated heterocycles. The topological polar surface area (TPSA) is 16.4 Å². The normalized spacial score (nSPS) is 14.4. The second-order valence-electron chi connectivity index (χ2n) is 16.5. The zero-order chi connectivity index (χ0) is 37.8. The van der Waals surface area contributed by atoms with E-state index in [0.717, 1.165) is 39.0 Å². The number of rotatable bonds is 5. The van der Waals surface area contributed by atoms with Crippen LogP contribution in [0.5, 0.6) is 0 Å². The van der Waals surface area contributed by atoms with Gasteiger partial charge in [0.25, 0.3) is 0 Å². The number of nitrogens with zero attached hydrogens (tertiary/aromatic N) is 1. The highest BCUT2D eigenvalue weighted by molar-refractivity contribution is 6.11. The third-order valence-electron chi connectivity index (χ3n) is 12.7. The van der Waals surface area contributed by atoms with Crippen LogP contribution in [-0.4, -0.2) is 0 Å². The third kappa shape index (κ3) is 4.62. The Balaban J connectivity index is 1.10. The maximum absolute atomic E-state index is 6.73. The fraction of sp³-hybridized carbons (Fsp3) is 0.111. The van der Waals surface area contributed by atoms with Gasteiger partial charge in [-0.05, 0) is 97.6 Å². The van der Waals surface area contributed by atoms with Crippen molar-refractivity contribution in [2.24, 2.45) is 0 Å². The van der Waals surface area contributed by atoms with Crippen molar-refractivity contribution in [2.45, 2.75) is 38.5 Å². The van der Waals surface area contributed by atoms with E-state index in [1.54, 1.807) is 0 Å². The molecule has 9 aromatic rings. The van der Waals surface area contributed by atoms with E-state index < -0.39 is 0 Å². The zero-order valence-corrected chi connectivity index (χ0v) is 32.1. The lowest BCUT2D eigenvalue weighted by molar-refractivity contribution is 0.660. The number of hydrogen-bond acceptors (Lipinski definition) is 2. The molecular weight excluding hydrogens is 679 g/mol. The zero-order valence-electron chi connectivity index (χ0n) is 32.1. The first-order chi connectivity index (χ1) is 27.3. The molecule has 0 radical (unpaired) electrons. The third-order valence-corrected chi connectivity index (χ3v) is 12.7. The summed E-state index contributed by atoms with van der Waals surface area (Å²) in [5.41, 5.74) is 20.4. The maximum Gasteiger partial charge on any atom is 0.159 e. The second-order valence-corrected chi connectivity index (χ2v) is 16.5. The van der Waals surface area contributed by atoms with Crippen molar-refractivity contribution in [1.82, 2.24) is 0 Å². The highest BCUT2D eigenvalue weighted by atomic mass is 16.3. The molecule has 0 bridgehead atoms. The number of benzene rings is 8. The summed E-state index contributed by atoms with van der Waals surface area (Å²) in [7, 11) is 0. The van der Waals surface area contributed by atoms with Crippen molar-refractivity contribution in [3.8, 4) is 44.5 Å². The molecule has 0 spiro atoms. The Morgan fingerprint density at radius 2 is 0.946 bits per heavy atom. The summed E-state index contributed by atoms with van der Waals surface area (Å²) in [5, 5.41) is 2.23. The van der Waals surface area contributed by atoms with Gasteiger partial charge in [-0.3, -0.25) is 0 Å². The molecule has 0 atom stereocenters. The van der Waals surface area contributed by atoms with Crippen molar-refractivity contribution in [1.29, 1.82) is 0 Å². The molecule has 0 amide bonds. The lowest BCUT2D eigenvalue weighted by atomic mass is 9.79. The average Bonchev–Trinajstić information content (AvgIpc) is 3.82. The van der Waals surface area contributed by atoms with E-state index in [2.05, 4.69) is 202 Å². The number of hydrogen-bond donors (Lipinski definition) is 0. The van der Waals surface area contributed by atoms with Crippen LogP contribution in [0.1, 0.15) is 49.9 Å². The van der Waals surface area contributed by atoms with Crippen LogP contribution in [-0.2, 0) is 10.8 Å². The summed E-state index contributed by atoms with van der Waals surface area (Å²) < 4.78 is 6.73. The summed E-state index contributed by atoms with van der Waals surface area (Å²) >= 11 is 0. The molecule has 2 nitrogen and oxygen atoms in total. The van der Waals surface area contributed by atoms with Gasteiger partial charge in [-0.1, -0.05) is 167 Å². The Bertz CT molecular complexity index is 3030. The Hall–Kier alpha value is -6.64. The molecule has 0 unspecified atom stereocenters. The van der Waals surface area contributed by atoms with E-state index in [9.17, 15) is 0 Å². The molecule has 2 heteroatoms. The number of para-hydroxylation sites is 3. The summed E-state index contributed by atoms with van der Waals surface area (Å²) in [6.07, 6.45) is 0. The summed E-state index contributed by atoms with van der Waals surface area (Å²) in [5.74, 6) is 0. The molecular formula is C54H41NO. The molecule has 0 aliphatic heterocycles. The van der Waals surface area contributed by atoms with Gasteiger partial charge in [-0.2, -0.15) is 0 Å². The van der Waals surface area contributed by atoms with E-state index in [1.165, 1.54) is 66.8 Å². The van der Waals surface area contributed by atoms with E-state index >= 15 is 0 Å². The second kappa shape index (κ2) is 11.9. The first kappa shape index (κ1) is 32.8. The summed E-state index contributed by atoms with van der Waals surface area (Å²) in [6, 6.07) is 64.4. The van der Waals surface area contributed by atoms with Crippen LogP contribution in [0, 0.1) is 0 Å². The summed E-state index contributed by atoms with van der Waals surface area (Å²) in [4.78, 5) is 2.39. The average molecular weight is 720 g/mol. The molecule has 0 fully saturated rings. The van der Waals surface area contributed by atoms with Gasteiger partial charge < -0.3 is 9.32 Å². The van der Waals surface area contributed by atoms with Crippen molar-refractivity contribution in [3.63, 3.8) is 0 Å². The Morgan fingerprint density at radius 1 is 0.393 bits per heavy atom. The van der Waals surface area contributed by atoms with Crippen molar-refractivity contribution >= 4 is 39.0 Å². The van der Waals surface area contributed by atoms with Gasteiger partial charge in [0.05, 0.1) is 11.4 Å². The molecule has 1 aromatic heterocycles. The van der Waals surface area contributed by atoms with Gasteiger partial charge in [0, 0.05) is 32.9 Å². The largest absolute Gasteiger partial charge is 0.454 e. The van der Waals surface area contributed by atoms with E-state index in [-0.39, 0.29) is 10.8 Å². The van der Waals surface area contributed by atoms with Gasteiger partial charge in [0.1, 0.15) is 5.58 Å². The smallest absolute Gasteiger partial charge is 0.159 e. The van der Waals surface area contributed by atoms with Gasteiger partial charge in [-0.25, -0.2) is 0 Å². The van der Waals surface area contributed by atoms with Gasteiger partial charge >= 0.3 is 0 Å². The maximum atomic E-state index is 6.73. The molecule has 11 rings (SSSR count). The van der Waals surface area contributed by atoms with Crippen LogP contribution in [0.25, 0.3) is 66.4 Å². The first-order valence-electron chi connectivity index (χ1n) is 19.7. The van der Waals surface area contributed by atoms with E-state index in [1.807, 2.05) is 6.07 Å². The lowest BCUT2D eigenvalue weighted by Crippen LogP contribution is -2.16. The van der Waals surface area contributed by atoms with Crippen LogP contribution in [0.4, 0.5) is 17.1 Å². The van der Waals surface area contributed by atoms with Gasteiger partial charge in [0.2, 0.25) is 0 Å². The minimum atomic E-state index is -0.102. The fourth-order valence-electron chi connectivity index (χ4n) is 9.98. The van der Waals surface area contributed by atoms with Crippen LogP contribution < -0.4 is 4.90 Å². The predicted molar refractivity (Wildman–Crippen MR) is 234 cm³/mol. The Kier molecular flexibility index (Phi) is 6.98. The van der Waals surface area contributed by atoms with Crippen LogP contribution in [0.15, 0.2) is 180 Å². The van der Waals surface area contributed by atoms with Gasteiger partial charge in [-0.15, -0.1) is 0 Å². The highest BCUT2D eigenvalue weighted by Gasteiger charge is 2.38. The molecule has 0 saturated carbocycles. The molecule has 1 heterocycles. The monoisotopic (exact) mass is 719 g/mol. The van der Waals surface area contributed by atoms with Crippen LogP contribution >= 0.6 is 0 Å². The molecule has 8 aromatic carbocycles. The minimum Gasteiger partial charge on any atom is -0.454 e.